The molecule has 0 saturated carbocycles. The van der Waals surface area contributed by atoms with E-state index in [1.807, 2.05) is 31.2 Å². The molecular formula is C21H26N2O5S2. The van der Waals surface area contributed by atoms with Crippen LogP contribution in [0.5, 0.6) is 0 Å². The number of nitrogens with zero attached hydrogens (tertiary/aromatic N) is 1. The number of nitrogens with one attached hydrogen (secondary N) is 1. The minimum atomic E-state index is -3.50. The molecule has 0 radical (unpaired) electrons. The van der Waals surface area contributed by atoms with Crippen molar-refractivity contribution in [2.24, 2.45) is 5.92 Å². The van der Waals surface area contributed by atoms with Crippen LogP contribution in [0.25, 0.3) is 0 Å². The van der Waals surface area contributed by atoms with Crippen LogP contribution in [0.3, 0.4) is 0 Å². The molecule has 0 aliphatic carbocycles. The lowest BCUT2D eigenvalue weighted by molar-refractivity contribution is -0.141. The van der Waals surface area contributed by atoms with Crippen LogP contribution in [-0.4, -0.2) is 44.8 Å². The summed E-state index contributed by atoms with van der Waals surface area (Å²) in [6, 6.07) is 10.5. The zero-order valence-corrected chi connectivity index (χ0v) is 18.7. The molecule has 1 atom stereocenters. The summed E-state index contributed by atoms with van der Waals surface area (Å²) in [5.74, 6) is -0.874. The van der Waals surface area contributed by atoms with Crippen molar-refractivity contribution >= 4 is 33.2 Å². The van der Waals surface area contributed by atoms with E-state index in [9.17, 15) is 18.0 Å². The van der Waals surface area contributed by atoms with Gasteiger partial charge >= 0.3 is 5.97 Å². The van der Waals surface area contributed by atoms with Crippen molar-refractivity contribution < 1.29 is 22.7 Å². The average Bonchev–Trinajstić information content (AvgIpc) is 3.29. The Balaban J connectivity index is 1.64. The molecule has 1 fully saturated rings. The fourth-order valence-corrected chi connectivity index (χ4v) is 6.10. The first-order chi connectivity index (χ1) is 14.3. The highest BCUT2D eigenvalue weighted by Crippen LogP contribution is 2.27. The van der Waals surface area contributed by atoms with E-state index in [1.165, 1.54) is 22.8 Å². The summed E-state index contributed by atoms with van der Waals surface area (Å²) in [5, 5.41) is 4.70. The molecule has 3 rings (SSSR count). The van der Waals surface area contributed by atoms with E-state index in [0.717, 1.165) is 11.1 Å². The maximum atomic E-state index is 12.9. The van der Waals surface area contributed by atoms with Crippen LogP contribution in [-0.2, 0) is 24.3 Å². The van der Waals surface area contributed by atoms with E-state index in [-0.39, 0.29) is 18.2 Å². The second-order valence-corrected chi connectivity index (χ2v) is 10.5. The number of benzene rings is 1. The van der Waals surface area contributed by atoms with Crippen LogP contribution in [0.1, 0.15) is 36.4 Å². The van der Waals surface area contributed by atoms with Gasteiger partial charge in [0.05, 0.1) is 19.6 Å². The number of thiophene rings is 1. The van der Waals surface area contributed by atoms with E-state index < -0.39 is 22.0 Å². The predicted molar refractivity (Wildman–Crippen MR) is 114 cm³/mol. The molecule has 1 N–H and O–H groups in total. The smallest absolute Gasteiger partial charge is 0.307 e. The summed E-state index contributed by atoms with van der Waals surface area (Å²) in [6.45, 7) is 2.56. The van der Waals surface area contributed by atoms with Crippen molar-refractivity contribution in [1.82, 2.24) is 9.62 Å². The highest BCUT2D eigenvalue weighted by molar-refractivity contribution is 7.91. The third-order valence-electron chi connectivity index (χ3n) is 5.31. The average molecular weight is 451 g/mol. The second-order valence-electron chi connectivity index (χ2n) is 7.36. The molecule has 1 saturated heterocycles. The number of sulfonamides is 1. The Morgan fingerprint density at radius 1 is 1.20 bits per heavy atom. The first kappa shape index (κ1) is 22.5. The monoisotopic (exact) mass is 450 g/mol. The molecular weight excluding hydrogens is 424 g/mol. The lowest BCUT2D eigenvalue weighted by atomic mass is 9.95. The van der Waals surface area contributed by atoms with E-state index >= 15 is 0 Å². The van der Waals surface area contributed by atoms with Gasteiger partial charge in [0, 0.05) is 19.0 Å². The summed E-state index contributed by atoms with van der Waals surface area (Å²) in [6.07, 6.45) is 0.918. The number of methoxy groups -OCH3 is 1. The Labute approximate surface area is 181 Å². The van der Waals surface area contributed by atoms with Crippen molar-refractivity contribution in [2.75, 3.05) is 20.2 Å². The van der Waals surface area contributed by atoms with Crippen molar-refractivity contribution in [3.63, 3.8) is 0 Å². The third-order valence-corrected chi connectivity index (χ3v) is 8.58. The molecule has 1 aromatic heterocycles. The van der Waals surface area contributed by atoms with Crippen molar-refractivity contribution in [1.29, 1.82) is 0 Å². The first-order valence-electron chi connectivity index (χ1n) is 9.78. The lowest BCUT2D eigenvalue weighted by Gasteiger charge is -2.31. The summed E-state index contributed by atoms with van der Waals surface area (Å²) < 4.78 is 31.8. The second kappa shape index (κ2) is 9.72. The van der Waals surface area contributed by atoms with Crippen molar-refractivity contribution in [2.45, 2.75) is 36.4 Å². The van der Waals surface area contributed by atoms with E-state index in [0.29, 0.717) is 30.1 Å². The van der Waals surface area contributed by atoms with Crippen molar-refractivity contribution in [3.8, 4) is 0 Å². The standard InChI is InChI=1S/C21H26N2O5S2/c1-15-5-7-16(8-6-15)18(14-19(24)28-2)22-21(25)17-9-11-23(12-10-17)30(26,27)20-4-3-13-29-20/h3-8,13,17-18H,9-12,14H2,1-2H3,(H,22,25). The fourth-order valence-electron chi connectivity index (χ4n) is 3.49. The van der Waals surface area contributed by atoms with Crippen LogP contribution >= 0.6 is 11.3 Å². The highest BCUT2D eigenvalue weighted by Gasteiger charge is 2.33. The number of rotatable bonds is 7. The van der Waals surface area contributed by atoms with Crippen LogP contribution in [0.15, 0.2) is 46.0 Å². The number of hydrogen-bond acceptors (Lipinski definition) is 6. The van der Waals surface area contributed by atoms with Crippen LogP contribution in [0.4, 0.5) is 0 Å². The predicted octanol–water partition coefficient (Wildman–Crippen LogP) is 2.88. The van der Waals surface area contributed by atoms with Gasteiger partial charge in [0.15, 0.2) is 0 Å². The van der Waals surface area contributed by atoms with Gasteiger partial charge in [-0.1, -0.05) is 35.9 Å². The normalized spacial score (nSPS) is 16.7. The molecule has 1 aliphatic rings. The molecule has 30 heavy (non-hydrogen) atoms. The van der Waals surface area contributed by atoms with Gasteiger partial charge in [-0.15, -0.1) is 11.3 Å². The fraction of sp³-hybridized carbons (Fsp3) is 0.429. The number of piperidine rings is 1. The Morgan fingerprint density at radius 3 is 2.43 bits per heavy atom. The summed E-state index contributed by atoms with van der Waals surface area (Å²) >= 11 is 1.19. The van der Waals surface area contributed by atoms with Gasteiger partial charge in [-0.25, -0.2) is 8.42 Å². The summed E-state index contributed by atoms with van der Waals surface area (Å²) in [4.78, 5) is 24.7. The molecule has 1 amide bonds. The van der Waals surface area contributed by atoms with Crippen LogP contribution < -0.4 is 5.32 Å². The largest absolute Gasteiger partial charge is 0.469 e. The molecule has 7 nitrogen and oxygen atoms in total. The number of aryl methyl sites for hydroxylation is 1. The first-order valence-corrected chi connectivity index (χ1v) is 12.1. The molecule has 1 aromatic carbocycles. The molecule has 0 bridgehead atoms. The molecule has 1 unspecified atom stereocenters. The van der Waals surface area contributed by atoms with Crippen LogP contribution in [0.2, 0.25) is 0 Å². The number of carbonyl (C=O) groups is 2. The minimum Gasteiger partial charge on any atom is -0.469 e. The maximum absolute atomic E-state index is 12.9. The number of hydrogen-bond donors (Lipinski definition) is 1. The number of ether oxygens (including phenoxy) is 1. The summed E-state index contributed by atoms with van der Waals surface area (Å²) in [5.41, 5.74) is 1.92. The van der Waals surface area contributed by atoms with Gasteiger partial charge in [-0.05, 0) is 36.8 Å². The van der Waals surface area contributed by atoms with Gasteiger partial charge in [0.1, 0.15) is 4.21 Å². The highest BCUT2D eigenvalue weighted by atomic mass is 32.2. The summed E-state index contributed by atoms with van der Waals surface area (Å²) in [7, 11) is -2.18. The van der Waals surface area contributed by atoms with Gasteiger partial charge < -0.3 is 10.1 Å². The van der Waals surface area contributed by atoms with E-state index in [4.69, 9.17) is 4.74 Å². The Hall–Kier alpha value is -2.23. The third kappa shape index (κ3) is 5.27. The molecule has 2 heterocycles. The SMILES string of the molecule is COC(=O)CC(NC(=O)C1CCN(S(=O)(=O)c2cccs2)CC1)c1ccc(C)cc1. The minimum absolute atomic E-state index is 0.0386. The quantitative estimate of drug-likeness (QED) is 0.655. The maximum Gasteiger partial charge on any atom is 0.307 e. The zero-order valence-electron chi connectivity index (χ0n) is 17.0. The zero-order chi connectivity index (χ0) is 21.7. The topological polar surface area (TPSA) is 92.8 Å². The number of carbonyl (C=O) groups excluding carboxylic acids is 2. The Bertz CT molecular complexity index is 963. The number of amides is 1. The number of esters is 1. The van der Waals surface area contributed by atoms with Crippen LogP contribution in [0, 0.1) is 12.8 Å². The van der Waals surface area contributed by atoms with E-state index in [1.54, 1.807) is 17.5 Å². The van der Waals surface area contributed by atoms with Gasteiger partial charge in [0.25, 0.3) is 10.0 Å². The van der Waals surface area contributed by atoms with Gasteiger partial charge in [-0.2, -0.15) is 4.31 Å². The Morgan fingerprint density at radius 2 is 1.87 bits per heavy atom. The van der Waals surface area contributed by atoms with Gasteiger partial charge in [-0.3, -0.25) is 9.59 Å². The van der Waals surface area contributed by atoms with Gasteiger partial charge in [0.2, 0.25) is 5.91 Å². The van der Waals surface area contributed by atoms with Crippen molar-refractivity contribution in [3.05, 3.63) is 52.9 Å². The molecule has 1 aliphatic heterocycles. The molecule has 9 heteroatoms. The molecule has 2 aromatic rings. The molecule has 162 valence electrons. The molecule has 0 spiro atoms. The Kier molecular flexibility index (Phi) is 7.27. The lowest BCUT2D eigenvalue weighted by Crippen LogP contribution is -2.43. The van der Waals surface area contributed by atoms with E-state index in [2.05, 4.69) is 5.32 Å².